The maximum Gasteiger partial charge on any atom is 0.140 e. The molecule has 0 spiro atoms. The number of aliphatic hydroxyl groups excluding tert-OH is 1. The molecule has 0 amide bonds. The molecule has 1 aromatic rings. The van der Waals surface area contributed by atoms with Crippen LogP contribution in [-0.2, 0) is 0 Å². The maximum absolute atomic E-state index is 9.68. The molecule has 0 fully saturated rings. The van der Waals surface area contributed by atoms with Crippen LogP contribution >= 0.6 is 0 Å². The summed E-state index contributed by atoms with van der Waals surface area (Å²) in [5.74, 6) is 5.82. The van der Waals surface area contributed by atoms with E-state index in [1.807, 2.05) is 20.8 Å². The van der Waals surface area contributed by atoms with Crippen molar-refractivity contribution >= 4 is 0 Å². The molecule has 2 heteroatoms. The molecular weight excluding hydrogens is 174 g/mol. The Balaban J connectivity index is 2.76. The van der Waals surface area contributed by atoms with Crippen molar-refractivity contribution in [2.24, 2.45) is 5.41 Å². The summed E-state index contributed by atoms with van der Waals surface area (Å²) in [5.41, 5.74) is 0.713. The lowest BCUT2D eigenvalue weighted by Gasteiger charge is -2.08. The second-order valence-corrected chi connectivity index (χ2v) is 4.20. The van der Waals surface area contributed by atoms with Gasteiger partial charge in [-0.2, -0.15) is 0 Å². The lowest BCUT2D eigenvalue weighted by molar-refractivity contribution is 0.237. The first-order valence-corrected chi connectivity index (χ1v) is 4.60. The summed E-state index contributed by atoms with van der Waals surface area (Å²) >= 11 is 0. The van der Waals surface area contributed by atoms with E-state index in [-0.39, 0.29) is 5.41 Å². The zero-order valence-corrected chi connectivity index (χ0v) is 8.78. The van der Waals surface area contributed by atoms with Gasteiger partial charge in [-0.15, -0.1) is 0 Å². The molecule has 0 bridgehead atoms. The summed E-state index contributed by atoms with van der Waals surface area (Å²) in [7, 11) is 0. The van der Waals surface area contributed by atoms with Crippen molar-refractivity contribution in [1.29, 1.82) is 0 Å². The molecule has 0 aliphatic heterocycles. The van der Waals surface area contributed by atoms with Crippen molar-refractivity contribution in [1.82, 2.24) is 4.98 Å². The van der Waals surface area contributed by atoms with Gasteiger partial charge in [0, 0.05) is 17.8 Å². The molecule has 1 rings (SSSR count). The predicted molar refractivity (Wildman–Crippen MR) is 56.4 cm³/mol. The molecule has 0 aromatic carbocycles. The van der Waals surface area contributed by atoms with E-state index in [9.17, 15) is 5.11 Å². The SMILES string of the molecule is CC(C)(C)C#CC(O)c1ccncc1. The smallest absolute Gasteiger partial charge is 0.140 e. The van der Waals surface area contributed by atoms with E-state index in [1.165, 1.54) is 0 Å². The first-order chi connectivity index (χ1) is 6.49. The average molecular weight is 189 g/mol. The van der Waals surface area contributed by atoms with E-state index in [0.717, 1.165) is 5.56 Å². The molecule has 0 radical (unpaired) electrons. The summed E-state index contributed by atoms with van der Waals surface area (Å²) in [6.45, 7) is 6.04. The quantitative estimate of drug-likeness (QED) is 0.687. The van der Waals surface area contributed by atoms with Gasteiger partial charge in [-0.1, -0.05) is 11.8 Å². The lowest BCUT2D eigenvalue weighted by Crippen LogP contribution is -2.01. The number of nitrogens with zero attached hydrogens (tertiary/aromatic N) is 1. The molecule has 2 nitrogen and oxygen atoms in total. The summed E-state index contributed by atoms with van der Waals surface area (Å²) in [6, 6.07) is 3.53. The zero-order chi connectivity index (χ0) is 10.6. The Bertz CT molecular complexity index is 340. The molecule has 0 saturated heterocycles. The van der Waals surface area contributed by atoms with Crippen LogP contribution in [0.1, 0.15) is 32.4 Å². The van der Waals surface area contributed by atoms with Gasteiger partial charge in [0.1, 0.15) is 6.10 Å². The average Bonchev–Trinajstić information content (AvgIpc) is 2.14. The van der Waals surface area contributed by atoms with Crippen LogP contribution in [0.2, 0.25) is 0 Å². The van der Waals surface area contributed by atoms with Crippen LogP contribution in [0.25, 0.3) is 0 Å². The minimum atomic E-state index is -0.711. The highest BCUT2D eigenvalue weighted by molar-refractivity contribution is 5.23. The minimum absolute atomic E-state index is 0.0754. The number of hydrogen-bond donors (Lipinski definition) is 1. The Morgan fingerprint density at radius 2 is 1.86 bits per heavy atom. The van der Waals surface area contributed by atoms with Gasteiger partial charge in [-0.3, -0.25) is 4.98 Å². The number of rotatable bonds is 1. The third-order valence-corrected chi connectivity index (χ3v) is 1.61. The highest BCUT2D eigenvalue weighted by atomic mass is 16.3. The van der Waals surface area contributed by atoms with Crippen molar-refractivity contribution in [3.63, 3.8) is 0 Å². The van der Waals surface area contributed by atoms with Crippen LogP contribution in [0.15, 0.2) is 24.5 Å². The Labute approximate surface area is 85.0 Å². The second-order valence-electron chi connectivity index (χ2n) is 4.20. The Hall–Kier alpha value is -1.33. The van der Waals surface area contributed by atoms with Gasteiger partial charge >= 0.3 is 0 Å². The number of aromatic nitrogens is 1. The molecule has 0 aliphatic carbocycles. The van der Waals surface area contributed by atoms with Crippen molar-refractivity contribution in [2.75, 3.05) is 0 Å². The third-order valence-electron chi connectivity index (χ3n) is 1.61. The zero-order valence-electron chi connectivity index (χ0n) is 8.78. The molecule has 1 aromatic heterocycles. The molecule has 1 N–H and O–H groups in total. The first kappa shape index (κ1) is 10.7. The maximum atomic E-state index is 9.68. The molecular formula is C12H15NO. The van der Waals surface area contributed by atoms with Crippen LogP contribution < -0.4 is 0 Å². The van der Waals surface area contributed by atoms with Crippen molar-refractivity contribution in [2.45, 2.75) is 26.9 Å². The van der Waals surface area contributed by atoms with Gasteiger partial charge in [0.2, 0.25) is 0 Å². The molecule has 1 unspecified atom stereocenters. The van der Waals surface area contributed by atoms with Gasteiger partial charge in [0.15, 0.2) is 0 Å². The van der Waals surface area contributed by atoms with Gasteiger partial charge < -0.3 is 5.11 Å². The molecule has 0 aliphatic rings. The van der Waals surface area contributed by atoms with E-state index in [4.69, 9.17) is 0 Å². The van der Waals surface area contributed by atoms with Crippen LogP contribution in [0.3, 0.4) is 0 Å². The lowest BCUT2D eigenvalue weighted by atomic mass is 9.97. The first-order valence-electron chi connectivity index (χ1n) is 4.60. The van der Waals surface area contributed by atoms with Crippen LogP contribution in [0.5, 0.6) is 0 Å². The summed E-state index contributed by atoms with van der Waals surface area (Å²) in [5, 5.41) is 9.68. The number of aliphatic hydroxyl groups is 1. The topological polar surface area (TPSA) is 33.1 Å². The van der Waals surface area contributed by atoms with Crippen molar-refractivity contribution in [3.8, 4) is 11.8 Å². The fourth-order valence-corrected chi connectivity index (χ4v) is 0.914. The summed E-state index contributed by atoms with van der Waals surface area (Å²) < 4.78 is 0. The van der Waals surface area contributed by atoms with Crippen LogP contribution in [0.4, 0.5) is 0 Å². The number of hydrogen-bond acceptors (Lipinski definition) is 2. The Morgan fingerprint density at radius 1 is 1.29 bits per heavy atom. The van der Waals surface area contributed by atoms with Crippen molar-refractivity contribution < 1.29 is 5.11 Å². The van der Waals surface area contributed by atoms with E-state index >= 15 is 0 Å². The van der Waals surface area contributed by atoms with Gasteiger partial charge in [0.25, 0.3) is 0 Å². The molecule has 74 valence electrons. The van der Waals surface area contributed by atoms with E-state index in [2.05, 4.69) is 16.8 Å². The van der Waals surface area contributed by atoms with Crippen LogP contribution in [0, 0.1) is 17.3 Å². The monoisotopic (exact) mass is 189 g/mol. The molecule has 0 saturated carbocycles. The molecule has 14 heavy (non-hydrogen) atoms. The Morgan fingerprint density at radius 3 is 2.36 bits per heavy atom. The molecule has 1 heterocycles. The van der Waals surface area contributed by atoms with E-state index in [1.54, 1.807) is 24.5 Å². The summed E-state index contributed by atoms with van der Waals surface area (Å²) in [6.07, 6.45) is 2.59. The predicted octanol–water partition coefficient (Wildman–Crippen LogP) is 2.16. The van der Waals surface area contributed by atoms with Gasteiger partial charge in [-0.25, -0.2) is 0 Å². The van der Waals surface area contributed by atoms with Crippen molar-refractivity contribution in [3.05, 3.63) is 30.1 Å². The normalized spacial score (nSPS) is 12.9. The minimum Gasteiger partial charge on any atom is -0.376 e. The van der Waals surface area contributed by atoms with E-state index in [0.29, 0.717) is 0 Å². The standard InChI is InChI=1S/C12H15NO/c1-12(2,3)7-4-11(14)10-5-8-13-9-6-10/h5-6,8-9,11,14H,1-3H3. The third kappa shape index (κ3) is 3.59. The highest BCUT2D eigenvalue weighted by Gasteiger charge is 2.06. The fourth-order valence-electron chi connectivity index (χ4n) is 0.914. The van der Waals surface area contributed by atoms with Gasteiger partial charge in [-0.05, 0) is 38.5 Å². The summed E-state index contributed by atoms with van der Waals surface area (Å²) in [4.78, 5) is 3.88. The largest absolute Gasteiger partial charge is 0.376 e. The van der Waals surface area contributed by atoms with Gasteiger partial charge in [0.05, 0.1) is 0 Å². The number of pyridine rings is 1. The Kier molecular flexibility index (Phi) is 3.27. The molecule has 1 atom stereocenters. The highest BCUT2D eigenvalue weighted by Crippen LogP contribution is 2.14. The second kappa shape index (κ2) is 4.26. The van der Waals surface area contributed by atoms with E-state index < -0.39 is 6.10 Å². The fraction of sp³-hybridized carbons (Fsp3) is 0.417. The van der Waals surface area contributed by atoms with Crippen LogP contribution in [-0.4, -0.2) is 10.1 Å².